The number of carbonyl (C=O) groups excluding carboxylic acids is 1. The number of fused-ring (bicyclic) bond motifs is 1. The monoisotopic (exact) mass is 582 g/mol. The third-order valence-corrected chi connectivity index (χ3v) is 8.36. The van der Waals surface area contributed by atoms with E-state index in [4.69, 9.17) is 24.1 Å². The number of carboxylic acids is 1. The van der Waals surface area contributed by atoms with E-state index in [-0.39, 0.29) is 25.7 Å². The Morgan fingerprint density at radius 3 is 1.95 bits per heavy atom. The van der Waals surface area contributed by atoms with Gasteiger partial charge in [0.2, 0.25) is 0 Å². The van der Waals surface area contributed by atoms with Crippen LogP contribution in [0.1, 0.15) is 32.1 Å². The lowest BCUT2D eigenvalue weighted by atomic mass is 9.71. The van der Waals surface area contributed by atoms with E-state index < -0.39 is 122 Å². The molecular weight excluding hydrogens is 544 g/mol. The molecule has 2 saturated carbocycles. The average Bonchev–Trinajstić information content (AvgIpc) is 2.89. The van der Waals surface area contributed by atoms with Crippen LogP contribution < -0.4 is 0 Å². The van der Waals surface area contributed by atoms with Gasteiger partial charge in [-0.25, -0.2) is 0 Å². The van der Waals surface area contributed by atoms with E-state index in [1.165, 1.54) is 0 Å². The van der Waals surface area contributed by atoms with Crippen molar-refractivity contribution in [3.8, 4) is 0 Å². The normalized spacial score (nSPS) is 49.6. The zero-order valence-electron chi connectivity index (χ0n) is 21.4. The van der Waals surface area contributed by atoms with Crippen molar-refractivity contribution in [2.24, 2.45) is 11.8 Å². The first-order valence-electron chi connectivity index (χ1n) is 13.2. The molecule has 40 heavy (non-hydrogen) atoms. The van der Waals surface area contributed by atoms with E-state index in [1.54, 1.807) is 0 Å². The van der Waals surface area contributed by atoms with Crippen LogP contribution in [-0.2, 0) is 28.5 Å². The molecule has 16 heteroatoms. The molecule has 14 unspecified atom stereocenters. The van der Waals surface area contributed by atoms with Gasteiger partial charge in [0.05, 0.1) is 42.7 Å². The number of esters is 1. The van der Waals surface area contributed by atoms with Crippen molar-refractivity contribution < 1.29 is 79.6 Å². The van der Waals surface area contributed by atoms with Crippen LogP contribution >= 0.6 is 0 Å². The minimum atomic E-state index is -1.83. The molecule has 0 aromatic rings. The molecule has 4 aliphatic rings. The highest BCUT2D eigenvalue weighted by Gasteiger charge is 2.54. The predicted octanol–water partition coefficient (Wildman–Crippen LogP) is -5.05. The SMILES string of the molecule is O=C(O)CC(=O)OCC1OC(OC2CC3C(CC(O)C(O)C3O)OC2C2CC(O)C(O)C(O)C2)C(O)C(O)C1O. The molecule has 2 aliphatic carbocycles. The van der Waals surface area contributed by atoms with Crippen LogP contribution in [-0.4, -0.2) is 155 Å². The zero-order valence-corrected chi connectivity index (χ0v) is 21.4. The summed E-state index contributed by atoms with van der Waals surface area (Å²) in [6, 6.07) is 0. The third kappa shape index (κ3) is 6.58. The van der Waals surface area contributed by atoms with Crippen LogP contribution in [0.2, 0.25) is 0 Å². The van der Waals surface area contributed by atoms with Crippen molar-refractivity contribution in [3.63, 3.8) is 0 Å². The summed E-state index contributed by atoms with van der Waals surface area (Å²) in [6.45, 7) is -0.673. The molecule has 0 aromatic heterocycles. The molecule has 2 aliphatic heterocycles. The molecule has 10 N–H and O–H groups in total. The summed E-state index contributed by atoms with van der Waals surface area (Å²) in [4.78, 5) is 22.3. The van der Waals surface area contributed by atoms with Crippen LogP contribution in [0.15, 0.2) is 0 Å². The Balaban J connectivity index is 1.53. The minimum Gasteiger partial charge on any atom is -0.481 e. The zero-order chi connectivity index (χ0) is 29.5. The van der Waals surface area contributed by atoms with Crippen LogP contribution in [0, 0.1) is 11.8 Å². The first-order chi connectivity index (χ1) is 18.8. The lowest BCUT2D eigenvalue weighted by molar-refractivity contribution is -0.336. The highest BCUT2D eigenvalue weighted by atomic mass is 16.7. The molecule has 4 fully saturated rings. The van der Waals surface area contributed by atoms with Gasteiger partial charge < -0.3 is 70.0 Å². The van der Waals surface area contributed by atoms with Crippen LogP contribution in [0.25, 0.3) is 0 Å². The molecule has 2 saturated heterocycles. The van der Waals surface area contributed by atoms with Gasteiger partial charge in [0.1, 0.15) is 49.7 Å². The lowest BCUT2D eigenvalue weighted by Gasteiger charge is -2.52. The largest absolute Gasteiger partial charge is 0.481 e. The first-order valence-corrected chi connectivity index (χ1v) is 13.2. The molecule has 2 heterocycles. The second kappa shape index (κ2) is 12.8. The van der Waals surface area contributed by atoms with Crippen molar-refractivity contribution in [1.29, 1.82) is 0 Å². The van der Waals surface area contributed by atoms with E-state index in [0.717, 1.165) is 0 Å². The maximum Gasteiger partial charge on any atom is 0.317 e. The van der Waals surface area contributed by atoms with Crippen molar-refractivity contribution in [2.75, 3.05) is 6.61 Å². The van der Waals surface area contributed by atoms with E-state index >= 15 is 0 Å². The van der Waals surface area contributed by atoms with Crippen LogP contribution in [0.5, 0.6) is 0 Å². The van der Waals surface area contributed by atoms with Gasteiger partial charge in [0, 0.05) is 12.3 Å². The molecule has 230 valence electrons. The minimum absolute atomic E-state index is 0.00494. The van der Waals surface area contributed by atoms with E-state index in [1.807, 2.05) is 0 Å². The molecule has 4 rings (SSSR count). The Bertz CT molecular complexity index is 877. The van der Waals surface area contributed by atoms with Crippen molar-refractivity contribution in [2.45, 2.75) is 118 Å². The molecule has 16 nitrogen and oxygen atoms in total. The van der Waals surface area contributed by atoms with Crippen molar-refractivity contribution >= 4 is 11.9 Å². The molecule has 0 bridgehead atoms. The van der Waals surface area contributed by atoms with E-state index in [2.05, 4.69) is 0 Å². The van der Waals surface area contributed by atoms with Gasteiger partial charge in [-0.2, -0.15) is 0 Å². The number of aliphatic hydroxyl groups is 9. The summed E-state index contributed by atoms with van der Waals surface area (Å²) < 4.78 is 22.6. The summed E-state index contributed by atoms with van der Waals surface area (Å²) in [6.07, 6.45) is -20.3. The smallest absolute Gasteiger partial charge is 0.317 e. The fourth-order valence-corrected chi connectivity index (χ4v) is 6.15. The highest BCUT2D eigenvalue weighted by Crippen LogP contribution is 2.43. The highest BCUT2D eigenvalue weighted by molar-refractivity contribution is 5.90. The molecule has 0 radical (unpaired) electrons. The van der Waals surface area contributed by atoms with Gasteiger partial charge in [0.25, 0.3) is 0 Å². The Morgan fingerprint density at radius 2 is 1.32 bits per heavy atom. The summed E-state index contributed by atoms with van der Waals surface area (Å²) in [7, 11) is 0. The van der Waals surface area contributed by atoms with Gasteiger partial charge >= 0.3 is 11.9 Å². The fraction of sp³-hybridized carbons (Fsp3) is 0.917. The van der Waals surface area contributed by atoms with E-state index in [0.29, 0.717) is 0 Å². The lowest BCUT2D eigenvalue weighted by Crippen LogP contribution is -2.64. The average molecular weight is 583 g/mol. The number of hydrogen-bond donors (Lipinski definition) is 10. The van der Waals surface area contributed by atoms with Crippen LogP contribution in [0.3, 0.4) is 0 Å². The quantitative estimate of drug-likeness (QED) is 0.0993. The van der Waals surface area contributed by atoms with Gasteiger partial charge in [0.15, 0.2) is 6.29 Å². The number of carbonyl (C=O) groups is 2. The molecule has 14 atom stereocenters. The molecule has 0 aromatic carbocycles. The maximum absolute atomic E-state index is 11.6. The fourth-order valence-electron chi connectivity index (χ4n) is 6.15. The van der Waals surface area contributed by atoms with E-state index in [9.17, 15) is 55.5 Å². The summed E-state index contributed by atoms with van der Waals surface area (Å²) in [5.74, 6) is -3.92. The number of hydrogen-bond acceptors (Lipinski definition) is 15. The van der Waals surface area contributed by atoms with Gasteiger partial charge in [-0.3, -0.25) is 9.59 Å². The molecular formula is C24H38O16. The number of aliphatic carboxylic acids is 1. The Morgan fingerprint density at radius 1 is 0.700 bits per heavy atom. The van der Waals surface area contributed by atoms with Gasteiger partial charge in [-0.15, -0.1) is 0 Å². The summed E-state index contributed by atoms with van der Waals surface area (Å²) >= 11 is 0. The van der Waals surface area contributed by atoms with Crippen molar-refractivity contribution in [3.05, 3.63) is 0 Å². The summed E-state index contributed by atoms with van der Waals surface area (Å²) in [5.41, 5.74) is 0. The summed E-state index contributed by atoms with van der Waals surface area (Å²) in [5, 5.41) is 102. The Hall–Kier alpha value is -1.54. The first kappa shape index (κ1) is 31.4. The van der Waals surface area contributed by atoms with Gasteiger partial charge in [-0.05, 0) is 25.2 Å². The number of carboxylic acid groups (broad SMARTS) is 1. The number of aliphatic hydroxyl groups excluding tert-OH is 9. The second-order valence-corrected chi connectivity index (χ2v) is 11.1. The maximum atomic E-state index is 11.6. The van der Waals surface area contributed by atoms with Crippen LogP contribution in [0.4, 0.5) is 0 Å². The predicted molar refractivity (Wildman–Crippen MR) is 125 cm³/mol. The van der Waals surface area contributed by atoms with Gasteiger partial charge in [-0.1, -0.05) is 0 Å². The Labute approximate surface area is 228 Å². The molecule has 0 spiro atoms. The topological polar surface area (TPSA) is 273 Å². The standard InChI is InChI=1S/C24H38O16/c25-9-1-7(2-10(26)18(9)32)23-13(3-8-12(38-23)4-11(27)19(33)17(8)31)39-24-22(36)21(35)20(34)14(40-24)6-37-16(30)5-15(28)29/h7-14,17-27,31-36H,1-6H2,(H,28,29). The number of rotatable bonds is 7. The third-order valence-electron chi connectivity index (χ3n) is 8.36. The Kier molecular flexibility index (Phi) is 10.0. The number of ether oxygens (including phenoxy) is 4. The second-order valence-electron chi connectivity index (χ2n) is 11.1. The van der Waals surface area contributed by atoms with Crippen molar-refractivity contribution in [1.82, 2.24) is 0 Å². The molecule has 0 amide bonds.